The van der Waals surface area contributed by atoms with Gasteiger partial charge in [-0.25, -0.2) is 4.99 Å². The number of hydrogen-bond acceptors (Lipinski definition) is 4. The van der Waals surface area contributed by atoms with Crippen LogP contribution in [-0.2, 0) is 6.54 Å². The summed E-state index contributed by atoms with van der Waals surface area (Å²) in [6.45, 7) is 1.02. The fraction of sp³-hybridized carbons (Fsp3) is 0.200. The van der Waals surface area contributed by atoms with Crippen molar-refractivity contribution in [2.75, 3.05) is 6.61 Å². The lowest BCUT2D eigenvalue weighted by atomic mass is 10.0. The first-order valence-electron chi connectivity index (χ1n) is 8.59. The molecule has 3 aromatic rings. The van der Waals surface area contributed by atoms with Gasteiger partial charge < -0.3 is 20.3 Å². The molecular formula is C20H21IN4O2. The molecule has 0 bridgehead atoms. The van der Waals surface area contributed by atoms with Crippen LogP contribution in [0.3, 0.4) is 0 Å². The molecular weight excluding hydrogens is 455 g/mol. The third kappa shape index (κ3) is 4.60. The van der Waals surface area contributed by atoms with E-state index >= 15 is 0 Å². The van der Waals surface area contributed by atoms with Gasteiger partial charge in [0.25, 0.3) is 0 Å². The standard InChI is InChI=1S/C20H20N4O2.HI/c21-20(23-17-10-11-25-18-9-5-4-8-16(17)18)22-13-15-12-19(26-24-15)14-6-2-1-3-7-14;/h1-9,12,17H,10-11,13H2,(H3,21,22,23);1H. The molecule has 4 rings (SSSR count). The second-order valence-corrected chi connectivity index (χ2v) is 6.12. The first-order chi connectivity index (χ1) is 12.8. The van der Waals surface area contributed by atoms with Crippen LogP contribution in [0.15, 0.2) is 70.2 Å². The van der Waals surface area contributed by atoms with E-state index in [2.05, 4.69) is 15.5 Å². The Morgan fingerprint density at radius 1 is 1.15 bits per heavy atom. The number of aliphatic imine (C=N–C) groups is 1. The third-order valence-electron chi connectivity index (χ3n) is 4.31. The molecule has 2 heterocycles. The van der Waals surface area contributed by atoms with Gasteiger partial charge in [-0.2, -0.15) is 0 Å². The molecule has 1 aliphatic rings. The second kappa shape index (κ2) is 8.90. The highest BCUT2D eigenvalue weighted by atomic mass is 127. The number of nitrogens with one attached hydrogen (secondary N) is 1. The van der Waals surface area contributed by atoms with Gasteiger partial charge in [0.1, 0.15) is 11.4 Å². The SMILES string of the molecule is I.NC(=NCc1cc(-c2ccccc2)on1)NC1CCOc2ccccc21. The summed E-state index contributed by atoms with van der Waals surface area (Å²) in [5.74, 6) is 2.00. The van der Waals surface area contributed by atoms with Gasteiger partial charge in [-0.1, -0.05) is 53.7 Å². The van der Waals surface area contributed by atoms with Gasteiger partial charge in [0, 0.05) is 23.6 Å². The number of para-hydroxylation sites is 1. The molecule has 7 heteroatoms. The molecule has 2 aromatic carbocycles. The zero-order valence-electron chi connectivity index (χ0n) is 14.7. The maximum absolute atomic E-state index is 6.07. The number of halogens is 1. The largest absolute Gasteiger partial charge is 0.493 e. The molecule has 140 valence electrons. The molecule has 27 heavy (non-hydrogen) atoms. The van der Waals surface area contributed by atoms with Crippen LogP contribution in [0.2, 0.25) is 0 Å². The first kappa shape index (κ1) is 19.2. The molecule has 1 unspecified atom stereocenters. The lowest BCUT2D eigenvalue weighted by Crippen LogP contribution is -2.37. The average Bonchev–Trinajstić information content (AvgIpc) is 3.17. The number of rotatable bonds is 4. The number of hydrogen-bond donors (Lipinski definition) is 2. The van der Waals surface area contributed by atoms with Gasteiger partial charge in [0.2, 0.25) is 0 Å². The summed E-state index contributed by atoms with van der Waals surface area (Å²) >= 11 is 0. The van der Waals surface area contributed by atoms with E-state index in [0.717, 1.165) is 34.8 Å². The molecule has 1 atom stereocenters. The number of nitrogens with zero attached hydrogens (tertiary/aromatic N) is 2. The minimum Gasteiger partial charge on any atom is -0.493 e. The number of aromatic nitrogens is 1. The molecule has 0 saturated heterocycles. The number of nitrogens with two attached hydrogens (primary N) is 1. The summed E-state index contributed by atoms with van der Waals surface area (Å²) in [5, 5.41) is 7.34. The van der Waals surface area contributed by atoms with Crippen LogP contribution >= 0.6 is 24.0 Å². The van der Waals surface area contributed by atoms with Crippen molar-refractivity contribution in [3.05, 3.63) is 71.9 Å². The van der Waals surface area contributed by atoms with Crippen molar-refractivity contribution < 1.29 is 9.26 Å². The molecule has 0 spiro atoms. The molecule has 0 radical (unpaired) electrons. The lowest BCUT2D eigenvalue weighted by Gasteiger charge is -2.26. The third-order valence-corrected chi connectivity index (χ3v) is 4.31. The Morgan fingerprint density at radius 3 is 2.78 bits per heavy atom. The summed E-state index contributed by atoms with van der Waals surface area (Å²) in [4.78, 5) is 4.39. The van der Waals surface area contributed by atoms with Crippen molar-refractivity contribution in [3.8, 4) is 17.1 Å². The lowest BCUT2D eigenvalue weighted by molar-refractivity contribution is 0.262. The van der Waals surface area contributed by atoms with Gasteiger partial charge in [-0.15, -0.1) is 24.0 Å². The van der Waals surface area contributed by atoms with E-state index in [1.54, 1.807) is 0 Å². The van der Waals surface area contributed by atoms with E-state index in [1.165, 1.54) is 0 Å². The van der Waals surface area contributed by atoms with Crippen LogP contribution < -0.4 is 15.8 Å². The molecule has 0 fully saturated rings. The van der Waals surface area contributed by atoms with Crippen LogP contribution in [0.4, 0.5) is 0 Å². The summed E-state index contributed by atoms with van der Waals surface area (Å²) in [6, 6.07) is 19.8. The topological polar surface area (TPSA) is 85.7 Å². The summed E-state index contributed by atoms with van der Waals surface area (Å²) in [7, 11) is 0. The summed E-state index contributed by atoms with van der Waals surface area (Å²) in [5.41, 5.74) is 8.89. The second-order valence-electron chi connectivity index (χ2n) is 6.12. The average molecular weight is 476 g/mol. The van der Waals surface area contributed by atoms with Gasteiger partial charge in [0.15, 0.2) is 11.7 Å². The number of benzene rings is 2. The highest BCUT2D eigenvalue weighted by Gasteiger charge is 2.21. The van der Waals surface area contributed by atoms with Crippen LogP contribution in [0.5, 0.6) is 5.75 Å². The van der Waals surface area contributed by atoms with E-state index < -0.39 is 0 Å². The molecule has 1 aromatic heterocycles. The van der Waals surface area contributed by atoms with E-state index in [4.69, 9.17) is 15.0 Å². The smallest absolute Gasteiger partial charge is 0.189 e. The van der Waals surface area contributed by atoms with Crippen molar-refractivity contribution in [2.24, 2.45) is 10.7 Å². The van der Waals surface area contributed by atoms with Crippen LogP contribution in [0, 0.1) is 0 Å². The minimum atomic E-state index is 0. The monoisotopic (exact) mass is 476 g/mol. The number of guanidine groups is 1. The molecule has 0 aliphatic carbocycles. The van der Waals surface area contributed by atoms with E-state index in [-0.39, 0.29) is 30.0 Å². The number of fused-ring (bicyclic) bond motifs is 1. The molecule has 3 N–H and O–H groups in total. The zero-order chi connectivity index (χ0) is 17.8. The van der Waals surface area contributed by atoms with Crippen molar-refractivity contribution in [1.82, 2.24) is 10.5 Å². The minimum absolute atomic E-state index is 0. The molecule has 1 aliphatic heterocycles. The van der Waals surface area contributed by atoms with Gasteiger partial charge in [-0.3, -0.25) is 0 Å². The van der Waals surface area contributed by atoms with Crippen molar-refractivity contribution in [2.45, 2.75) is 19.0 Å². The molecule has 0 amide bonds. The van der Waals surface area contributed by atoms with Gasteiger partial charge >= 0.3 is 0 Å². The van der Waals surface area contributed by atoms with Gasteiger partial charge in [0.05, 0.1) is 19.2 Å². The quantitative estimate of drug-likeness (QED) is 0.339. The van der Waals surface area contributed by atoms with Crippen LogP contribution in [-0.4, -0.2) is 17.7 Å². The Labute approximate surface area is 174 Å². The van der Waals surface area contributed by atoms with Gasteiger partial charge in [-0.05, 0) is 6.07 Å². The first-order valence-corrected chi connectivity index (χ1v) is 8.59. The maximum atomic E-state index is 6.07. The zero-order valence-corrected chi connectivity index (χ0v) is 17.0. The van der Waals surface area contributed by atoms with Crippen molar-refractivity contribution >= 4 is 29.9 Å². The highest BCUT2D eigenvalue weighted by molar-refractivity contribution is 14.0. The fourth-order valence-electron chi connectivity index (χ4n) is 3.01. The maximum Gasteiger partial charge on any atom is 0.189 e. The van der Waals surface area contributed by atoms with E-state index in [9.17, 15) is 0 Å². The summed E-state index contributed by atoms with van der Waals surface area (Å²) < 4.78 is 11.0. The Morgan fingerprint density at radius 2 is 1.93 bits per heavy atom. The Bertz CT molecular complexity index is 911. The predicted molar refractivity (Wildman–Crippen MR) is 115 cm³/mol. The van der Waals surface area contributed by atoms with Crippen molar-refractivity contribution in [3.63, 3.8) is 0 Å². The van der Waals surface area contributed by atoms with Crippen molar-refractivity contribution in [1.29, 1.82) is 0 Å². The van der Waals surface area contributed by atoms with E-state index in [0.29, 0.717) is 19.1 Å². The Hall–Kier alpha value is -2.55. The van der Waals surface area contributed by atoms with E-state index in [1.807, 2.05) is 60.7 Å². The fourth-order valence-corrected chi connectivity index (χ4v) is 3.01. The number of ether oxygens (including phenoxy) is 1. The van der Waals surface area contributed by atoms with Crippen LogP contribution in [0.1, 0.15) is 23.7 Å². The predicted octanol–water partition coefficient (Wildman–Crippen LogP) is 3.89. The normalized spacial score (nSPS) is 16.0. The van der Waals surface area contributed by atoms with Crippen LogP contribution in [0.25, 0.3) is 11.3 Å². The summed E-state index contributed by atoms with van der Waals surface area (Å²) in [6.07, 6.45) is 0.843. The highest BCUT2D eigenvalue weighted by Crippen LogP contribution is 2.31. The Kier molecular flexibility index (Phi) is 6.33. The molecule has 0 saturated carbocycles. The molecule has 6 nitrogen and oxygen atoms in total. The Balaban J connectivity index is 0.00000210.